The summed E-state index contributed by atoms with van der Waals surface area (Å²) in [4.78, 5) is 0. The number of nitrogens with two attached hydrogens (primary N) is 1. The first-order valence-electron chi connectivity index (χ1n) is 5.87. The summed E-state index contributed by atoms with van der Waals surface area (Å²) in [6.45, 7) is 4.00. The molecule has 0 amide bonds. The van der Waals surface area contributed by atoms with Crippen molar-refractivity contribution in [1.82, 2.24) is 14.8 Å². The molecule has 0 saturated heterocycles. The van der Waals surface area contributed by atoms with E-state index < -0.39 is 0 Å². The van der Waals surface area contributed by atoms with Crippen LogP contribution >= 0.6 is 0 Å². The van der Waals surface area contributed by atoms with E-state index in [0.29, 0.717) is 6.04 Å². The average molecular weight is 208 g/mol. The van der Waals surface area contributed by atoms with Crippen LogP contribution in [0.4, 0.5) is 0 Å². The molecule has 0 bridgehead atoms. The van der Waals surface area contributed by atoms with Gasteiger partial charge in [-0.2, -0.15) is 0 Å². The largest absolute Gasteiger partial charge is 0.322 e. The van der Waals surface area contributed by atoms with Crippen molar-refractivity contribution in [3.8, 4) is 0 Å². The Labute approximate surface area is 90.9 Å². The predicted octanol–water partition coefficient (Wildman–Crippen LogP) is 2.11. The van der Waals surface area contributed by atoms with Crippen LogP contribution in [0.5, 0.6) is 0 Å². The van der Waals surface area contributed by atoms with E-state index in [1.165, 1.54) is 32.1 Å². The molecule has 2 rings (SSSR count). The molecule has 0 aliphatic heterocycles. The summed E-state index contributed by atoms with van der Waals surface area (Å²) >= 11 is 0. The van der Waals surface area contributed by atoms with Gasteiger partial charge in [-0.05, 0) is 26.7 Å². The Hall–Kier alpha value is -0.900. The molecule has 15 heavy (non-hydrogen) atoms. The summed E-state index contributed by atoms with van der Waals surface area (Å²) in [5.74, 6) is 1.95. The highest BCUT2D eigenvalue weighted by Gasteiger charge is 2.22. The molecule has 4 heteroatoms. The zero-order valence-corrected chi connectivity index (χ0v) is 9.61. The molecule has 2 N–H and O–H groups in total. The van der Waals surface area contributed by atoms with Gasteiger partial charge in [0.25, 0.3) is 0 Å². The maximum atomic E-state index is 5.91. The van der Waals surface area contributed by atoms with Crippen molar-refractivity contribution in [2.45, 2.75) is 58.0 Å². The molecule has 4 nitrogen and oxygen atoms in total. The Morgan fingerprint density at radius 3 is 2.53 bits per heavy atom. The van der Waals surface area contributed by atoms with Gasteiger partial charge in [-0.15, -0.1) is 10.2 Å². The molecule has 0 spiro atoms. The quantitative estimate of drug-likeness (QED) is 0.809. The first-order chi connectivity index (χ1) is 7.20. The predicted molar refractivity (Wildman–Crippen MR) is 59.5 cm³/mol. The fourth-order valence-electron chi connectivity index (χ4n) is 2.49. The topological polar surface area (TPSA) is 56.7 Å². The average Bonchev–Trinajstić information content (AvgIpc) is 2.61. The molecule has 1 aromatic rings. The van der Waals surface area contributed by atoms with Crippen molar-refractivity contribution >= 4 is 0 Å². The highest BCUT2D eigenvalue weighted by atomic mass is 15.3. The zero-order valence-electron chi connectivity index (χ0n) is 9.61. The molecule has 1 saturated carbocycles. The summed E-state index contributed by atoms with van der Waals surface area (Å²) in [6.07, 6.45) is 6.50. The van der Waals surface area contributed by atoms with Crippen LogP contribution in [0.2, 0.25) is 0 Å². The first-order valence-corrected chi connectivity index (χ1v) is 5.87. The van der Waals surface area contributed by atoms with Crippen LogP contribution < -0.4 is 5.73 Å². The molecule has 1 aromatic heterocycles. The van der Waals surface area contributed by atoms with E-state index in [0.717, 1.165) is 11.6 Å². The third-order valence-corrected chi connectivity index (χ3v) is 3.24. The lowest BCUT2D eigenvalue weighted by molar-refractivity contribution is 0.337. The van der Waals surface area contributed by atoms with Crippen LogP contribution in [0.15, 0.2) is 0 Å². The molecule has 0 unspecified atom stereocenters. The second kappa shape index (κ2) is 4.31. The summed E-state index contributed by atoms with van der Waals surface area (Å²) < 4.78 is 2.25. The van der Waals surface area contributed by atoms with Gasteiger partial charge in [0.1, 0.15) is 11.6 Å². The van der Waals surface area contributed by atoms with Crippen molar-refractivity contribution in [2.75, 3.05) is 0 Å². The first kappa shape index (κ1) is 10.6. The molecule has 1 fully saturated rings. The van der Waals surface area contributed by atoms with E-state index in [-0.39, 0.29) is 6.04 Å². The van der Waals surface area contributed by atoms with Gasteiger partial charge < -0.3 is 10.3 Å². The minimum atomic E-state index is -0.0203. The van der Waals surface area contributed by atoms with E-state index in [1.807, 2.05) is 13.8 Å². The van der Waals surface area contributed by atoms with Gasteiger partial charge in [-0.1, -0.05) is 19.3 Å². The van der Waals surface area contributed by atoms with E-state index in [4.69, 9.17) is 5.73 Å². The molecule has 1 aliphatic carbocycles. The third kappa shape index (κ3) is 2.04. The van der Waals surface area contributed by atoms with Crippen LogP contribution in [-0.2, 0) is 0 Å². The third-order valence-electron chi connectivity index (χ3n) is 3.24. The highest BCUT2D eigenvalue weighted by molar-refractivity contribution is 5.01. The maximum absolute atomic E-state index is 5.91. The standard InChI is InChI=1S/C11H20N4/c1-8(12)11-14-13-9(2)15(11)10-6-4-3-5-7-10/h8,10H,3-7,12H2,1-2H3/t8-/m0/s1. The Morgan fingerprint density at radius 2 is 1.93 bits per heavy atom. The smallest absolute Gasteiger partial charge is 0.149 e. The lowest BCUT2D eigenvalue weighted by atomic mass is 9.95. The zero-order chi connectivity index (χ0) is 10.8. The molecule has 1 heterocycles. The number of hydrogen-bond acceptors (Lipinski definition) is 3. The second-order valence-corrected chi connectivity index (χ2v) is 4.56. The van der Waals surface area contributed by atoms with Crippen molar-refractivity contribution in [3.63, 3.8) is 0 Å². The number of rotatable bonds is 2. The fraction of sp³-hybridized carbons (Fsp3) is 0.818. The summed E-state index contributed by atoms with van der Waals surface area (Å²) in [7, 11) is 0. The Kier molecular flexibility index (Phi) is 3.05. The fourth-order valence-corrected chi connectivity index (χ4v) is 2.49. The lowest BCUT2D eigenvalue weighted by Crippen LogP contribution is -2.20. The van der Waals surface area contributed by atoms with E-state index >= 15 is 0 Å². The van der Waals surface area contributed by atoms with Gasteiger partial charge in [-0.25, -0.2) is 0 Å². The monoisotopic (exact) mass is 208 g/mol. The summed E-state index contributed by atoms with van der Waals surface area (Å²) in [6, 6.07) is 0.558. The van der Waals surface area contributed by atoms with Crippen LogP contribution in [0, 0.1) is 6.92 Å². The second-order valence-electron chi connectivity index (χ2n) is 4.56. The van der Waals surface area contributed by atoms with Crippen molar-refractivity contribution in [2.24, 2.45) is 5.73 Å². The van der Waals surface area contributed by atoms with E-state index in [1.54, 1.807) is 0 Å². The lowest BCUT2D eigenvalue weighted by Gasteiger charge is -2.25. The van der Waals surface area contributed by atoms with E-state index in [9.17, 15) is 0 Å². The van der Waals surface area contributed by atoms with Gasteiger partial charge in [0, 0.05) is 6.04 Å². The molecule has 0 aromatic carbocycles. The number of hydrogen-bond donors (Lipinski definition) is 1. The number of aryl methyl sites for hydroxylation is 1. The Bertz CT molecular complexity index is 323. The molecule has 1 atom stereocenters. The van der Waals surface area contributed by atoms with Gasteiger partial charge in [-0.3, -0.25) is 0 Å². The highest BCUT2D eigenvalue weighted by Crippen LogP contribution is 2.30. The van der Waals surface area contributed by atoms with Crippen molar-refractivity contribution in [1.29, 1.82) is 0 Å². The van der Waals surface area contributed by atoms with E-state index in [2.05, 4.69) is 14.8 Å². The normalized spacial score (nSPS) is 20.5. The molecule has 1 aliphatic rings. The van der Waals surface area contributed by atoms with Gasteiger partial charge >= 0.3 is 0 Å². The van der Waals surface area contributed by atoms with Crippen molar-refractivity contribution in [3.05, 3.63) is 11.6 Å². The minimum Gasteiger partial charge on any atom is -0.322 e. The summed E-state index contributed by atoms with van der Waals surface area (Å²) in [5, 5.41) is 8.32. The van der Waals surface area contributed by atoms with Crippen molar-refractivity contribution < 1.29 is 0 Å². The van der Waals surface area contributed by atoms with Gasteiger partial charge in [0.15, 0.2) is 0 Å². The Balaban J connectivity index is 2.28. The molecule has 84 valence electrons. The minimum absolute atomic E-state index is 0.0203. The summed E-state index contributed by atoms with van der Waals surface area (Å²) in [5.41, 5.74) is 5.91. The van der Waals surface area contributed by atoms with Crippen LogP contribution in [0.25, 0.3) is 0 Å². The SMILES string of the molecule is Cc1nnc([C@H](C)N)n1C1CCCCC1. The Morgan fingerprint density at radius 1 is 1.27 bits per heavy atom. The van der Waals surface area contributed by atoms with Crippen LogP contribution in [0.1, 0.15) is 62.8 Å². The molecule has 0 radical (unpaired) electrons. The molecular weight excluding hydrogens is 188 g/mol. The van der Waals surface area contributed by atoms with Crippen LogP contribution in [-0.4, -0.2) is 14.8 Å². The van der Waals surface area contributed by atoms with Gasteiger partial charge in [0.2, 0.25) is 0 Å². The molecular formula is C11H20N4. The number of aromatic nitrogens is 3. The van der Waals surface area contributed by atoms with Gasteiger partial charge in [0.05, 0.1) is 6.04 Å². The van der Waals surface area contributed by atoms with Crippen LogP contribution in [0.3, 0.4) is 0 Å². The number of nitrogens with zero attached hydrogens (tertiary/aromatic N) is 3. The maximum Gasteiger partial charge on any atom is 0.149 e.